The van der Waals surface area contributed by atoms with Gasteiger partial charge in [-0.15, -0.1) is 0 Å². The van der Waals surface area contributed by atoms with Gasteiger partial charge in [-0.25, -0.2) is 0 Å². The minimum Gasteiger partial charge on any atom is -0.299 e. The molecule has 0 heterocycles. The van der Waals surface area contributed by atoms with E-state index in [1.807, 2.05) is 0 Å². The lowest BCUT2D eigenvalue weighted by atomic mass is 9.71. The van der Waals surface area contributed by atoms with Gasteiger partial charge in [0.05, 0.1) is 5.41 Å². The summed E-state index contributed by atoms with van der Waals surface area (Å²) in [7, 11) is 0. The molecule has 0 aliphatic heterocycles. The summed E-state index contributed by atoms with van der Waals surface area (Å²) >= 11 is 2.44. The van der Waals surface area contributed by atoms with Crippen LogP contribution in [0.5, 0.6) is 0 Å². The zero-order valence-electron chi connectivity index (χ0n) is 9.93. The summed E-state index contributed by atoms with van der Waals surface area (Å²) in [5.74, 6) is 0.551. The fourth-order valence-electron chi connectivity index (χ4n) is 3.26. The van der Waals surface area contributed by atoms with Crippen LogP contribution in [-0.4, -0.2) is 10.2 Å². The van der Waals surface area contributed by atoms with Crippen LogP contribution in [0, 0.1) is 5.41 Å². The van der Waals surface area contributed by atoms with Gasteiger partial charge in [-0.2, -0.15) is 0 Å². The molecule has 0 aromatic carbocycles. The van der Waals surface area contributed by atoms with Crippen molar-refractivity contribution in [3.8, 4) is 0 Å². The molecular formula is C14H21IO. The Balaban J connectivity index is 2.32. The number of carbonyl (C=O) groups is 1. The highest BCUT2D eigenvalue weighted by atomic mass is 127. The van der Waals surface area contributed by atoms with Crippen LogP contribution in [0.15, 0.2) is 11.6 Å². The van der Waals surface area contributed by atoms with Gasteiger partial charge in [0.25, 0.3) is 0 Å². The molecule has 0 N–H and O–H groups in total. The molecule has 2 heteroatoms. The maximum atomic E-state index is 12.5. The van der Waals surface area contributed by atoms with Gasteiger partial charge in [0.1, 0.15) is 5.78 Å². The van der Waals surface area contributed by atoms with E-state index in [0.717, 1.165) is 30.1 Å². The third-order valence-corrected chi connectivity index (χ3v) is 5.07. The number of alkyl halides is 1. The van der Waals surface area contributed by atoms with Crippen LogP contribution in [0.1, 0.15) is 57.8 Å². The first-order chi connectivity index (χ1) is 7.79. The lowest BCUT2D eigenvalue weighted by Gasteiger charge is -2.32. The summed E-state index contributed by atoms with van der Waals surface area (Å²) in [4.78, 5) is 12.5. The van der Waals surface area contributed by atoms with Crippen molar-refractivity contribution in [3.05, 3.63) is 11.6 Å². The third kappa shape index (κ3) is 2.36. The van der Waals surface area contributed by atoms with Crippen molar-refractivity contribution in [1.29, 1.82) is 0 Å². The van der Waals surface area contributed by atoms with E-state index in [9.17, 15) is 4.79 Å². The Bertz CT molecular complexity index is 295. The molecular weight excluding hydrogens is 311 g/mol. The summed E-state index contributed by atoms with van der Waals surface area (Å²) < 4.78 is 1.05. The van der Waals surface area contributed by atoms with Crippen molar-refractivity contribution in [1.82, 2.24) is 0 Å². The highest BCUT2D eigenvalue weighted by Crippen LogP contribution is 2.45. The fraction of sp³-hybridized carbons (Fsp3) is 0.786. The average molecular weight is 332 g/mol. The molecule has 1 spiro atoms. The van der Waals surface area contributed by atoms with Crippen molar-refractivity contribution in [2.75, 3.05) is 4.43 Å². The van der Waals surface area contributed by atoms with E-state index in [4.69, 9.17) is 0 Å². The number of carbonyl (C=O) groups excluding carboxylic acids is 1. The maximum absolute atomic E-state index is 12.5. The molecule has 90 valence electrons. The van der Waals surface area contributed by atoms with E-state index in [1.54, 1.807) is 0 Å². The Morgan fingerprint density at radius 3 is 2.62 bits per heavy atom. The predicted molar refractivity (Wildman–Crippen MR) is 76.0 cm³/mol. The van der Waals surface area contributed by atoms with Crippen LogP contribution in [0.2, 0.25) is 0 Å². The average Bonchev–Trinajstić information content (AvgIpc) is 2.60. The first-order valence-electron chi connectivity index (χ1n) is 6.58. The standard InChI is InChI=1S/C14H21IO/c15-11-12-7-3-1-5-9-14(12)10-6-2-4-8-13(14)16/h7H,1-6,8-11H2. The van der Waals surface area contributed by atoms with E-state index in [1.165, 1.54) is 37.7 Å². The van der Waals surface area contributed by atoms with E-state index in [2.05, 4.69) is 28.7 Å². The van der Waals surface area contributed by atoms with E-state index < -0.39 is 0 Å². The molecule has 2 aliphatic rings. The SMILES string of the molecule is O=C1CCCCCC12CCCCC=C2CI. The smallest absolute Gasteiger partial charge is 0.143 e. The second-order valence-corrected chi connectivity index (χ2v) is 5.94. The van der Waals surface area contributed by atoms with Gasteiger partial charge in [-0.05, 0) is 32.1 Å². The molecule has 0 amide bonds. The normalized spacial score (nSPS) is 32.1. The van der Waals surface area contributed by atoms with E-state index >= 15 is 0 Å². The Labute approximate surface area is 112 Å². The van der Waals surface area contributed by atoms with Gasteiger partial charge >= 0.3 is 0 Å². The summed E-state index contributed by atoms with van der Waals surface area (Å²) in [6, 6.07) is 0. The summed E-state index contributed by atoms with van der Waals surface area (Å²) in [5.41, 5.74) is 1.42. The maximum Gasteiger partial charge on any atom is 0.143 e. The molecule has 0 bridgehead atoms. The Morgan fingerprint density at radius 2 is 1.88 bits per heavy atom. The second kappa shape index (κ2) is 5.65. The third-order valence-electron chi connectivity index (χ3n) is 4.25. The summed E-state index contributed by atoms with van der Waals surface area (Å²) in [5, 5.41) is 0. The number of ketones is 1. The molecule has 1 saturated carbocycles. The second-order valence-electron chi connectivity index (χ2n) is 5.17. The van der Waals surface area contributed by atoms with Crippen LogP contribution < -0.4 is 0 Å². The van der Waals surface area contributed by atoms with Crippen LogP contribution in [0.25, 0.3) is 0 Å². The zero-order chi connectivity index (χ0) is 11.4. The number of hydrogen-bond donors (Lipinski definition) is 0. The number of Topliss-reactive ketones (excluding diaryl/α,β-unsaturated/α-hetero) is 1. The van der Waals surface area contributed by atoms with Crippen LogP contribution >= 0.6 is 22.6 Å². The van der Waals surface area contributed by atoms with Crippen molar-refractivity contribution >= 4 is 28.4 Å². The highest BCUT2D eigenvalue weighted by molar-refractivity contribution is 14.1. The Morgan fingerprint density at radius 1 is 1.12 bits per heavy atom. The first kappa shape index (κ1) is 12.6. The molecule has 0 aromatic rings. The highest BCUT2D eigenvalue weighted by Gasteiger charge is 2.41. The summed E-state index contributed by atoms with van der Waals surface area (Å²) in [6.07, 6.45) is 12.8. The topological polar surface area (TPSA) is 17.1 Å². The monoisotopic (exact) mass is 332 g/mol. The van der Waals surface area contributed by atoms with Crippen molar-refractivity contribution in [3.63, 3.8) is 0 Å². The summed E-state index contributed by atoms with van der Waals surface area (Å²) in [6.45, 7) is 0. The number of hydrogen-bond acceptors (Lipinski definition) is 1. The van der Waals surface area contributed by atoms with Crippen LogP contribution in [0.3, 0.4) is 0 Å². The largest absolute Gasteiger partial charge is 0.299 e. The van der Waals surface area contributed by atoms with Gasteiger partial charge in [0, 0.05) is 10.8 Å². The Kier molecular flexibility index (Phi) is 4.45. The van der Waals surface area contributed by atoms with Crippen molar-refractivity contribution in [2.24, 2.45) is 5.41 Å². The van der Waals surface area contributed by atoms with Gasteiger partial charge in [-0.3, -0.25) is 4.79 Å². The fourth-order valence-corrected chi connectivity index (χ4v) is 4.30. The Hall–Kier alpha value is 0.140. The van der Waals surface area contributed by atoms with Crippen LogP contribution in [0.4, 0.5) is 0 Å². The lowest BCUT2D eigenvalue weighted by molar-refractivity contribution is -0.127. The predicted octanol–water partition coefficient (Wildman–Crippen LogP) is 4.44. The minimum atomic E-state index is -0.0335. The molecule has 1 atom stereocenters. The van der Waals surface area contributed by atoms with Crippen LogP contribution in [-0.2, 0) is 4.79 Å². The molecule has 2 aliphatic carbocycles. The van der Waals surface area contributed by atoms with Gasteiger partial charge in [0.2, 0.25) is 0 Å². The molecule has 0 aromatic heterocycles. The molecule has 0 saturated heterocycles. The number of allylic oxidation sites excluding steroid dienone is 2. The van der Waals surface area contributed by atoms with Crippen molar-refractivity contribution in [2.45, 2.75) is 57.8 Å². The number of halogens is 1. The van der Waals surface area contributed by atoms with Gasteiger partial charge < -0.3 is 0 Å². The molecule has 1 nitrogen and oxygen atoms in total. The number of rotatable bonds is 1. The van der Waals surface area contributed by atoms with Gasteiger partial charge in [0.15, 0.2) is 0 Å². The molecule has 16 heavy (non-hydrogen) atoms. The minimum absolute atomic E-state index is 0.0335. The van der Waals surface area contributed by atoms with Crippen molar-refractivity contribution < 1.29 is 4.79 Å². The van der Waals surface area contributed by atoms with E-state index in [-0.39, 0.29) is 5.41 Å². The van der Waals surface area contributed by atoms with E-state index in [0.29, 0.717) is 5.78 Å². The molecule has 1 fully saturated rings. The molecule has 0 radical (unpaired) electrons. The first-order valence-corrected chi connectivity index (χ1v) is 8.11. The lowest BCUT2D eigenvalue weighted by Crippen LogP contribution is -2.32. The molecule has 2 rings (SSSR count). The molecule has 1 unspecified atom stereocenters. The zero-order valence-corrected chi connectivity index (χ0v) is 12.1. The quantitative estimate of drug-likeness (QED) is 0.394. The van der Waals surface area contributed by atoms with Gasteiger partial charge in [-0.1, -0.05) is 53.5 Å².